The molecule has 6 rings (SSSR count). The van der Waals surface area contributed by atoms with Gasteiger partial charge < -0.3 is 13.9 Å². The van der Waals surface area contributed by atoms with Gasteiger partial charge in [-0.15, -0.1) is 10.2 Å². The fraction of sp³-hybridized carbons (Fsp3) is 0.636. The summed E-state index contributed by atoms with van der Waals surface area (Å²) >= 11 is 1.61. The van der Waals surface area contributed by atoms with Crippen molar-refractivity contribution in [2.24, 2.45) is 17.8 Å². The second kappa shape index (κ2) is 6.97. The summed E-state index contributed by atoms with van der Waals surface area (Å²) in [7, 11) is 3.33. The predicted octanol–water partition coefficient (Wildman–Crippen LogP) is 5.16. The van der Waals surface area contributed by atoms with Gasteiger partial charge in [0.1, 0.15) is 0 Å². The molecular formula is C22H28N2O3S. The van der Waals surface area contributed by atoms with E-state index in [9.17, 15) is 0 Å². The van der Waals surface area contributed by atoms with E-state index in [1.54, 1.807) is 26.0 Å². The summed E-state index contributed by atoms with van der Waals surface area (Å²) in [4.78, 5) is 0. The number of ether oxygens (including phenoxy) is 2. The van der Waals surface area contributed by atoms with Gasteiger partial charge >= 0.3 is 0 Å². The number of benzene rings is 1. The van der Waals surface area contributed by atoms with Crippen molar-refractivity contribution in [3.05, 3.63) is 29.2 Å². The van der Waals surface area contributed by atoms with E-state index < -0.39 is 0 Å². The maximum atomic E-state index is 6.22. The summed E-state index contributed by atoms with van der Waals surface area (Å²) in [6.07, 6.45) is 8.02. The standard InChI is InChI=1S/C22H28N2O3S/c1-13-4-18(25-2)19(26-3)8-17(13)12-28-21-24-23-20(27-21)22-9-14-5-15(10-22)7-16(6-14)11-22/h4,8,14-16H,5-7,9-12H2,1-3H3. The average molecular weight is 401 g/mol. The van der Waals surface area contributed by atoms with E-state index in [1.165, 1.54) is 49.7 Å². The van der Waals surface area contributed by atoms with Gasteiger partial charge in [-0.25, -0.2) is 0 Å². The highest BCUT2D eigenvalue weighted by atomic mass is 32.2. The SMILES string of the molecule is COc1cc(C)c(CSc2nnc(C34CC5CC(CC(C5)C3)C4)o2)cc1OC. The van der Waals surface area contributed by atoms with Gasteiger partial charge in [-0.05, 0) is 86.5 Å². The Labute approximate surface area is 170 Å². The topological polar surface area (TPSA) is 57.4 Å². The van der Waals surface area contributed by atoms with Gasteiger partial charge in [0.05, 0.1) is 14.2 Å². The van der Waals surface area contributed by atoms with Crippen LogP contribution in [0.1, 0.15) is 55.5 Å². The molecule has 0 saturated heterocycles. The number of hydrogen-bond acceptors (Lipinski definition) is 6. The van der Waals surface area contributed by atoms with Gasteiger partial charge in [-0.2, -0.15) is 0 Å². The summed E-state index contributed by atoms with van der Waals surface area (Å²) in [5, 5.41) is 9.59. The first-order chi connectivity index (χ1) is 13.6. The van der Waals surface area contributed by atoms with Crippen LogP contribution in [-0.4, -0.2) is 24.4 Å². The maximum Gasteiger partial charge on any atom is 0.276 e. The molecule has 28 heavy (non-hydrogen) atoms. The van der Waals surface area contributed by atoms with Crippen LogP contribution in [0.2, 0.25) is 0 Å². The molecule has 5 nitrogen and oxygen atoms in total. The molecule has 4 aliphatic carbocycles. The molecule has 0 radical (unpaired) electrons. The third-order valence-electron chi connectivity index (χ3n) is 7.09. The van der Waals surface area contributed by atoms with Crippen LogP contribution in [0.3, 0.4) is 0 Å². The van der Waals surface area contributed by atoms with Gasteiger partial charge in [0.2, 0.25) is 5.89 Å². The first kappa shape index (κ1) is 18.3. The number of thioether (sulfide) groups is 1. The molecule has 4 aliphatic rings. The second-order valence-electron chi connectivity index (χ2n) is 8.99. The molecule has 6 heteroatoms. The molecule has 1 aromatic carbocycles. The molecule has 2 aromatic rings. The van der Waals surface area contributed by atoms with Gasteiger partial charge in [-0.1, -0.05) is 11.8 Å². The zero-order chi connectivity index (χ0) is 19.3. The van der Waals surface area contributed by atoms with Gasteiger partial charge in [0, 0.05) is 11.2 Å². The number of nitrogens with zero attached hydrogens (tertiary/aromatic N) is 2. The highest BCUT2D eigenvalue weighted by Gasteiger charge is 2.54. The van der Waals surface area contributed by atoms with E-state index in [0.29, 0.717) is 5.22 Å². The van der Waals surface area contributed by atoms with Crippen molar-refractivity contribution in [1.29, 1.82) is 0 Å². The summed E-state index contributed by atoms with van der Waals surface area (Å²) < 4.78 is 17.0. The largest absolute Gasteiger partial charge is 0.493 e. The molecular weight excluding hydrogens is 372 g/mol. The maximum absolute atomic E-state index is 6.22. The van der Waals surface area contributed by atoms with Crippen LogP contribution in [0.5, 0.6) is 11.5 Å². The van der Waals surface area contributed by atoms with Crippen molar-refractivity contribution < 1.29 is 13.9 Å². The van der Waals surface area contributed by atoms with Crippen molar-refractivity contribution in [3.8, 4) is 11.5 Å². The minimum Gasteiger partial charge on any atom is -0.493 e. The molecule has 4 fully saturated rings. The molecule has 4 saturated carbocycles. The molecule has 0 unspecified atom stereocenters. The fourth-order valence-corrected chi connectivity index (χ4v) is 7.00. The average Bonchev–Trinajstić information content (AvgIpc) is 3.15. The summed E-state index contributed by atoms with van der Waals surface area (Å²) in [6, 6.07) is 4.06. The van der Waals surface area contributed by atoms with Crippen molar-refractivity contribution in [2.45, 2.75) is 61.8 Å². The summed E-state index contributed by atoms with van der Waals surface area (Å²) in [5.41, 5.74) is 2.53. The Morgan fingerprint density at radius 3 is 2.21 bits per heavy atom. The summed E-state index contributed by atoms with van der Waals surface area (Å²) in [5.74, 6) is 5.82. The fourth-order valence-electron chi connectivity index (χ4n) is 6.17. The van der Waals surface area contributed by atoms with Crippen LogP contribution in [0.4, 0.5) is 0 Å². The number of aryl methyl sites for hydroxylation is 1. The van der Waals surface area contributed by atoms with E-state index in [1.807, 2.05) is 12.1 Å². The zero-order valence-electron chi connectivity index (χ0n) is 16.9. The van der Waals surface area contributed by atoms with E-state index in [0.717, 1.165) is 40.9 Å². The minimum absolute atomic E-state index is 0.166. The Balaban J connectivity index is 1.32. The number of methoxy groups -OCH3 is 2. The van der Waals surface area contributed by atoms with E-state index in [4.69, 9.17) is 13.9 Å². The smallest absolute Gasteiger partial charge is 0.276 e. The highest BCUT2D eigenvalue weighted by molar-refractivity contribution is 7.98. The van der Waals surface area contributed by atoms with Crippen LogP contribution in [0.15, 0.2) is 21.8 Å². The molecule has 150 valence electrons. The number of aromatic nitrogens is 2. The van der Waals surface area contributed by atoms with Crippen molar-refractivity contribution in [3.63, 3.8) is 0 Å². The first-order valence-corrected chi connectivity index (χ1v) is 11.3. The third kappa shape index (κ3) is 3.10. The third-order valence-corrected chi connectivity index (χ3v) is 7.96. The van der Waals surface area contributed by atoms with Crippen LogP contribution < -0.4 is 9.47 Å². The van der Waals surface area contributed by atoms with Gasteiger partial charge in [-0.3, -0.25) is 0 Å². The molecule has 1 heterocycles. The molecule has 0 amide bonds. The molecule has 0 aliphatic heterocycles. The lowest BCUT2D eigenvalue weighted by Gasteiger charge is -2.55. The Hall–Kier alpha value is -1.69. The number of rotatable bonds is 6. The normalized spacial score (nSPS) is 30.6. The first-order valence-electron chi connectivity index (χ1n) is 10.3. The Kier molecular flexibility index (Phi) is 4.57. The Morgan fingerprint density at radius 2 is 1.61 bits per heavy atom. The highest BCUT2D eigenvalue weighted by Crippen LogP contribution is 2.60. The Morgan fingerprint density at radius 1 is 1.00 bits per heavy atom. The molecule has 1 aromatic heterocycles. The summed E-state index contributed by atoms with van der Waals surface area (Å²) in [6.45, 7) is 2.09. The predicted molar refractivity (Wildman–Crippen MR) is 108 cm³/mol. The van der Waals surface area contributed by atoms with Crippen molar-refractivity contribution in [2.75, 3.05) is 14.2 Å². The van der Waals surface area contributed by atoms with E-state index in [2.05, 4.69) is 17.1 Å². The molecule has 0 N–H and O–H groups in total. The molecule has 0 atom stereocenters. The quantitative estimate of drug-likeness (QED) is 0.625. The lowest BCUT2D eigenvalue weighted by molar-refractivity contribution is -0.0191. The van der Waals surface area contributed by atoms with Crippen LogP contribution in [0, 0.1) is 24.7 Å². The minimum atomic E-state index is 0.166. The number of hydrogen-bond donors (Lipinski definition) is 0. The van der Waals surface area contributed by atoms with Crippen molar-refractivity contribution in [1.82, 2.24) is 10.2 Å². The molecule has 0 spiro atoms. The van der Waals surface area contributed by atoms with Crippen molar-refractivity contribution >= 4 is 11.8 Å². The van der Waals surface area contributed by atoms with E-state index >= 15 is 0 Å². The zero-order valence-corrected chi connectivity index (χ0v) is 17.7. The van der Waals surface area contributed by atoms with E-state index in [-0.39, 0.29) is 5.41 Å². The van der Waals surface area contributed by atoms with Crippen LogP contribution >= 0.6 is 11.8 Å². The van der Waals surface area contributed by atoms with Crippen LogP contribution in [0.25, 0.3) is 0 Å². The lowest BCUT2D eigenvalue weighted by Crippen LogP contribution is -2.48. The Bertz CT molecular complexity index is 843. The van der Waals surface area contributed by atoms with Gasteiger partial charge in [0.15, 0.2) is 11.5 Å². The lowest BCUT2D eigenvalue weighted by atomic mass is 9.49. The van der Waals surface area contributed by atoms with Crippen LogP contribution in [-0.2, 0) is 11.2 Å². The monoisotopic (exact) mass is 400 g/mol. The second-order valence-corrected chi connectivity index (χ2v) is 9.92. The molecule has 4 bridgehead atoms. The van der Waals surface area contributed by atoms with Gasteiger partial charge in [0.25, 0.3) is 5.22 Å².